The SMILES string of the molecule is O=C1N/C(=C/c2ccc(OCc3ccc(I)cc3)c(I)c2)C(=O)N1c1cccc(Cl)c1. The van der Waals surface area contributed by atoms with Gasteiger partial charge in [-0.25, -0.2) is 9.69 Å². The molecule has 0 bridgehead atoms. The first-order chi connectivity index (χ1) is 14.9. The molecule has 1 aliphatic rings. The Morgan fingerprint density at radius 3 is 2.48 bits per heavy atom. The van der Waals surface area contributed by atoms with E-state index in [0.29, 0.717) is 17.3 Å². The van der Waals surface area contributed by atoms with E-state index in [2.05, 4.69) is 50.5 Å². The van der Waals surface area contributed by atoms with E-state index in [1.165, 1.54) is 3.57 Å². The molecule has 8 heteroatoms. The first-order valence-corrected chi connectivity index (χ1v) is 11.7. The summed E-state index contributed by atoms with van der Waals surface area (Å²) in [5.41, 5.74) is 2.49. The van der Waals surface area contributed by atoms with Crippen molar-refractivity contribution < 1.29 is 14.3 Å². The Balaban J connectivity index is 1.49. The highest BCUT2D eigenvalue weighted by molar-refractivity contribution is 14.1. The maximum absolute atomic E-state index is 12.8. The summed E-state index contributed by atoms with van der Waals surface area (Å²) in [7, 11) is 0. The van der Waals surface area contributed by atoms with Gasteiger partial charge in [0, 0.05) is 8.59 Å². The van der Waals surface area contributed by atoms with Crippen molar-refractivity contribution >= 4 is 80.5 Å². The third-order valence-corrected chi connectivity index (χ3v) is 6.32. The van der Waals surface area contributed by atoms with E-state index >= 15 is 0 Å². The molecule has 4 rings (SSSR count). The Labute approximate surface area is 211 Å². The third kappa shape index (κ3) is 5.21. The zero-order valence-corrected chi connectivity index (χ0v) is 21.0. The number of imide groups is 1. The van der Waals surface area contributed by atoms with Crippen LogP contribution in [0.15, 0.2) is 72.4 Å². The summed E-state index contributed by atoms with van der Waals surface area (Å²) in [4.78, 5) is 26.2. The van der Waals surface area contributed by atoms with Gasteiger partial charge in [-0.15, -0.1) is 0 Å². The minimum atomic E-state index is -0.509. The van der Waals surface area contributed by atoms with E-state index in [4.69, 9.17) is 16.3 Å². The van der Waals surface area contributed by atoms with Gasteiger partial charge in [0.1, 0.15) is 18.1 Å². The van der Waals surface area contributed by atoms with Crippen molar-refractivity contribution in [2.75, 3.05) is 4.90 Å². The first-order valence-electron chi connectivity index (χ1n) is 9.20. The molecule has 1 aliphatic heterocycles. The monoisotopic (exact) mass is 656 g/mol. The maximum atomic E-state index is 12.8. The summed E-state index contributed by atoms with van der Waals surface area (Å²) < 4.78 is 8.00. The molecule has 0 radical (unpaired) electrons. The number of nitrogens with one attached hydrogen (secondary N) is 1. The normalized spacial score (nSPS) is 14.8. The Hall–Kier alpha value is -2.11. The number of halogens is 3. The second-order valence-electron chi connectivity index (χ2n) is 6.71. The molecule has 1 fully saturated rings. The number of urea groups is 1. The van der Waals surface area contributed by atoms with Gasteiger partial charge in [0.25, 0.3) is 5.91 Å². The van der Waals surface area contributed by atoms with Crippen molar-refractivity contribution in [3.63, 3.8) is 0 Å². The van der Waals surface area contributed by atoms with Crippen LogP contribution in [-0.4, -0.2) is 11.9 Å². The highest BCUT2D eigenvalue weighted by Gasteiger charge is 2.34. The lowest BCUT2D eigenvalue weighted by molar-refractivity contribution is -0.113. The lowest BCUT2D eigenvalue weighted by Gasteiger charge is -2.11. The van der Waals surface area contributed by atoms with Gasteiger partial charge >= 0.3 is 6.03 Å². The van der Waals surface area contributed by atoms with Crippen molar-refractivity contribution in [1.29, 1.82) is 0 Å². The molecule has 1 saturated heterocycles. The Morgan fingerprint density at radius 2 is 1.77 bits per heavy atom. The summed E-state index contributed by atoms with van der Waals surface area (Å²) in [6.07, 6.45) is 1.65. The number of carbonyl (C=O) groups excluding carboxylic acids is 2. The predicted molar refractivity (Wildman–Crippen MR) is 138 cm³/mol. The lowest BCUT2D eigenvalue weighted by Crippen LogP contribution is -2.30. The Kier molecular flexibility index (Phi) is 6.83. The number of hydrogen-bond donors (Lipinski definition) is 1. The average molecular weight is 657 g/mol. The molecule has 0 aliphatic carbocycles. The molecule has 1 heterocycles. The van der Waals surface area contributed by atoms with E-state index in [9.17, 15) is 9.59 Å². The molecule has 31 heavy (non-hydrogen) atoms. The minimum Gasteiger partial charge on any atom is -0.488 e. The number of amides is 3. The molecule has 0 saturated carbocycles. The van der Waals surface area contributed by atoms with Gasteiger partial charge in [-0.05, 0) is 105 Å². The fourth-order valence-electron chi connectivity index (χ4n) is 3.02. The standard InChI is InChI=1S/C23H15ClI2N2O3/c24-16-2-1-3-18(12-16)28-22(29)20(27-23(28)30)11-15-6-9-21(19(26)10-15)31-13-14-4-7-17(25)8-5-14/h1-12H,13H2,(H,27,30)/b20-11+. The number of rotatable bonds is 5. The second-order valence-corrected chi connectivity index (χ2v) is 9.56. The molecule has 156 valence electrons. The second kappa shape index (κ2) is 9.58. The van der Waals surface area contributed by atoms with Crippen LogP contribution >= 0.6 is 56.8 Å². The number of hydrogen-bond acceptors (Lipinski definition) is 3. The summed E-state index contributed by atoms with van der Waals surface area (Å²) in [5, 5.41) is 3.08. The highest BCUT2D eigenvalue weighted by atomic mass is 127. The lowest BCUT2D eigenvalue weighted by atomic mass is 10.2. The number of anilines is 1. The Bertz CT molecular complexity index is 1200. The molecular formula is C23H15ClI2N2O3. The van der Waals surface area contributed by atoms with E-state index in [-0.39, 0.29) is 5.70 Å². The third-order valence-electron chi connectivity index (χ3n) is 4.52. The molecule has 0 spiro atoms. The van der Waals surface area contributed by atoms with E-state index < -0.39 is 11.9 Å². The molecule has 3 aromatic rings. The largest absolute Gasteiger partial charge is 0.488 e. The van der Waals surface area contributed by atoms with Gasteiger partial charge in [0.15, 0.2) is 0 Å². The van der Waals surface area contributed by atoms with Crippen LogP contribution in [0.2, 0.25) is 5.02 Å². The van der Waals surface area contributed by atoms with Gasteiger partial charge < -0.3 is 10.1 Å². The molecule has 3 aromatic carbocycles. The summed E-state index contributed by atoms with van der Waals surface area (Å²) >= 11 is 10.5. The van der Waals surface area contributed by atoms with Gasteiger partial charge in [-0.2, -0.15) is 0 Å². The Morgan fingerprint density at radius 1 is 1.00 bits per heavy atom. The molecule has 0 unspecified atom stereocenters. The summed E-state index contributed by atoms with van der Waals surface area (Å²) in [6, 6.07) is 19.9. The van der Waals surface area contributed by atoms with E-state index in [0.717, 1.165) is 25.3 Å². The molecule has 1 N–H and O–H groups in total. The quantitative estimate of drug-likeness (QED) is 0.202. The number of carbonyl (C=O) groups is 2. The van der Waals surface area contributed by atoms with E-state index in [1.807, 2.05) is 42.5 Å². The molecule has 3 amide bonds. The van der Waals surface area contributed by atoms with Gasteiger partial charge in [0.05, 0.1) is 9.26 Å². The van der Waals surface area contributed by atoms with Crippen molar-refractivity contribution in [3.05, 3.63) is 95.7 Å². The van der Waals surface area contributed by atoms with Crippen molar-refractivity contribution in [1.82, 2.24) is 5.32 Å². The van der Waals surface area contributed by atoms with Gasteiger partial charge in [0.2, 0.25) is 0 Å². The van der Waals surface area contributed by atoms with Crippen LogP contribution in [0, 0.1) is 7.14 Å². The zero-order valence-electron chi connectivity index (χ0n) is 15.9. The van der Waals surface area contributed by atoms with Crippen LogP contribution < -0.4 is 15.0 Å². The first kappa shape index (κ1) is 22.1. The zero-order chi connectivity index (χ0) is 22.0. The van der Waals surface area contributed by atoms with Crippen molar-refractivity contribution in [2.24, 2.45) is 0 Å². The van der Waals surface area contributed by atoms with Crippen molar-refractivity contribution in [3.8, 4) is 5.75 Å². The summed E-state index contributed by atoms with van der Waals surface area (Å²) in [5.74, 6) is 0.324. The van der Waals surface area contributed by atoms with E-state index in [1.54, 1.807) is 30.3 Å². The fraction of sp³-hybridized carbons (Fsp3) is 0.0435. The van der Waals surface area contributed by atoms with Gasteiger partial charge in [-0.1, -0.05) is 35.9 Å². The van der Waals surface area contributed by atoms with Crippen LogP contribution in [0.3, 0.4) is 0 Å². The number of ether oxygens (including phenoxy) is 1. The topological polar surface area (TPSA) is 58.6 Å². The van der Waals surface area contributed by atoms with Gasteiger partial charge in [-0.3, -0.25) is 4.79 Å². The molecular weight excluding hydrogens is 642 g/mol. The minimum absolute atomic E-state index is 0.202. The molecule has 0 aromatic heterocycles. The summed E-state index contributed by atoms with van der Waals surface area (Å²) in [6.45, 7) is 0.469. The maximum Gasteiger partial charge on any atom is 0.333 e. The van der Waals surface area contributed by atoms with Crippen LogP contribution in [0.1, 0.15) is 11.1 Å². The number of benzene rings is 3. The average Bonchev–Trinajstić information content (AvgIpc) is 3.01. The van der Waals surface area contributed by atoms with Crippen LogP contribution in [0.5, 0.6) is 5.75 Å². The number of nitrogens with zero attached hydrogens (tertiary/aromatic N) is 1. The predicted octanol–water partition coefficient (Wildman–Crippen LogP) is 6.23. The van der Waals surface area contributed by atoms with Crippen molar-refractivity contribution in [2.45, 2.75) is 6.61 Å². The fourth-order valence-corrected chi connectivity index (χ4v) is 4.26. The molecule has 0 atom stereocenters. The smallest absolute Gasteiger partial charge is 0.333 e. The van der Waals surface area contributed by atoms with Crippen LogP contribution in [0.25, 0.3) is 6.08 Å². The van der Waals surface area contributed by atoms with Crippen LogP contribution in [0.4, 0.5) is 10.5 Å². The van der Waals surface area contributed by atoms with Crippen LogP contribution in [-0.2, 0) is 11.4 Å². The molecule has 5 nitrogen and oxygen atoms in total. The highest BCUT2D eigenvalue weighted by Crippen LogP contribution is 2.27.